The van der Waals surface area contributed by atoms with Gasteiger partial charge in [-0.25, -0.2) is 0 Å². The van der Waals surface area contributed by atoms with E-state index < -0.39 is 16.0 Å². The third kappa shape index (κ3) is 2.64. The van der Waals surface area contributed by atoms with Crippen LogP contribution in [-0.4, -0.2) is 0 Å². The van der Waals surface area contributed by atoms with Crippen LogP contribution in [0, 0.1) is 6.92 Å². The Hall–Kier alpha value is -0.740. The van der Waals surface area contributed by atoms with Crippen LogP contribution in [0.4, 0.5) is 13.2 Å². The van der Waals surface area contributed by atoms with Crippen LogP contribution in [0.15, 0.2) is 24.3 Å². The molecular weight excluding hydrogens is 281 g/mol. The van der Waals surface area contributed by atoms with Gasteiger partial charge in [-0.05, 0) is 18.6 Å². The van der Waals surface area contributed by atoms with Gasteiger partial charge in [0.25, 0.3) is 0 Å². The summed E-state index contributed by atoms with van der Waals surface area (Å²) >= 11 is 0. The molecule has 0 saturated carbocycles. The Balaban J connectivity index is 0.00000162. The maximum absolute atomic E-state index is 13.2. The van der Waals surface area contributed by atoms with Crippen molar-refractivity contribution in [2.24, 2.45) is 0 Å². The van der Waals surface area contributed by atoms with E-state index in [1.165, 1.54) is 0 Å². The number of fused-ring (bicyclic) bond motifs is 1. The number of halogens is 4. The minimum absolute atomic E-state index is 0. The molecule has 0 aliphatic carbocycles. The van der Waals surface area contributed by atoms with E-state index in [0.29, 0.717) is 9.58 Å². The Morgan fingerprint density at radius 1 is 1.11 bits per heavy atom. The number of thiophene rings is 1. The fourth-order valence-corrected chi connectivity index (χ4v) is 4.09. The van der Waals surface area contributed by atoms with Crippen LogP contribution in [0.2, 0.25) is 0 Å². The zero-order chi connectivity index (χ0) is 12.8. The zero-order valence-electron chi connectivity index (χ0n) is 10.3. The predicted octanol–water partition coefficient (Wildman–Crippen LogP) is 2.50. The molecule has 0 radical (unpaired) electrons. The lowest BCUT2D eigenvalue weighted by atomic mass is 10.1. The van der Waals surface area contributed by atoms with Gasteiger partial charge in [0.05, 0.1) is 10.5 Å². The molecule has 0 N–H and O–H groups in total. The van der Waals surface area contributed by atoms with Crippen LogP contribution in [0.25, 0.3) is 10.1 Å². The first-order valence-electron chi connectivity index (χ1n) is 5.44. The highest BCUT2D eigenvalue weighted by Gasteiger charge is 2.48. The average Bonchev–Trinajstić information content (AvgIpc) is 2.55. The number of rotatable bonds is 1. The summed E-state index contributed by atoms with van der Waals surface area (Å²) in [5, 5.41) is 0.722. The fourth-order valence-electron chi connectivity index (χ4n) is 1.94. The van der Waals surface area contributed by atoms with Gasteiger partial charge in [0, 0.05) is 23.4 Å². The summed E-state index contributed by atoms with van der Waals surface area (Å²) in [5.41, 5.74) is -3.29. The van der Waals surface area contributed by atoms with Crippen molar-refractivity contribution in [3.05, 3.63) is 34.7 Å². The Kier molecular flexibility index (Phi) is 4.34. The van der Waals surface area contributed by atoms with E-state index in [2.05, 4.69) is 0 Å². The summed E-state index contributed by atoms with van der Waals surface area (Å²) < 4.78 is 39.9. The van der Waals surface area contributed by atoms with Crippen molar-refractivity contribution in [3.8, 4) is 0 Å². The molecule has 0 fully saturated rings. The number of aryl methyl sites for hydroxylation is 1. The molecule has 5 heteroatoms. The summed E-state index contributed by atoms with van der Waals surface area (Å²) in [6.45, 7) is 5.46. The first-order chi connectivity index (χ1) is 7.80. The number of hydrogen-bond donors (Lipinski definition) is 0. The van der Waals surface area contributed by atoms with E-state index in [-0.39, 0.29) is 18.3 Å². The van der Waals surface area contributed by atoms with Crippen molar-refractivity contribution in [2.75, 3.05) is 0 Å². The maximum Gasteiger partial charge on any atom is 0.600 e. The zero-order valence-corrected chi connectivity index (χ0v) is 11.9. The van der Waals surface area contributed by atoms with Gasteiger partial charge in [-0.3, -0.25) is 0 Å². The van der Waals surface area contributed by atoms with Crippen LogP contribution in [0.1, 0.15) is 30.2 Å². The van der Waals surface area contributed by atoms with E-state index in [1.54, 1.807) is 18.2 Å². The molecule has 0 aliphatic rings. The summed E-state index contributed by atoms with van der Waals surface area (Å²) in [4.78, 5) is 0.498. The Bertz CT molecular complexity index is 555. The first-order valence-corrected chi connectivity index (χ1v) is 6.66. The highest BCUT2D eigenvalue weighted by molar-refractivity contribution is 7.38. The SMILES string of the molecule is Cc1ccc2cc(C(C)C)[s+](C(F)(F)F)c2c1.[Cl-]. The molecule has 100 valence electrons. The minimum Gasteiger partial charge on any atom is -1.00 e. The third-order valence-electron chi connectivity index (χ3n) is 2.72. The molecule has 1 unspecified atom stereocenters. The molecule has 1 aromatic heterocycles. The van der Waals surface area contributed by atoms with E-state index in [1.807, 2.05) is 26.8 Å². The van der Waals surface area contributed by atoms with Crippen LogP contribution in [-0.2, 0) is 5.51 Å². The van der Waals surface area contributed by atoms with E-state index in [0.717, 1.165) is 10.9 Å². The molecule has 0 amide bonds. The van der Waals surface area contributed by atoms with Crippen molar-refractivity contribution >= 4 is 20.6 Å². The lowest BCUT2D eigenvalue weighted by Gasteiger charge is -2.02. The summed E-state index contributed by atoms with van der Waals surface area (Å²) in [7, 11) is -1.74. The van der Waals surface area contributed by atoms with Gasteiger partial charge >= 0.3 is 5.51 Å². The third-order valence-corrected chi connectivity index (χ3v) is 5.04. The number of alkyl halides is 3. The summed E-state index contributed by atoms with van der Waals surface area (Å²) in [6, 6.07) is 7.01. The van der Waals surface area contributed by atoms with E-state index >= 15 is 0 Å². The molecule has 18 heavy (non-hydrogen) atoms. The van der Waals surface area contributed by atoms with Crippen LogP contribution < -0.4 is 12.4 Å². The van der Waals surface area contributed by atoms with E-state index in [9.17, 15) is 13.2 Å². The maximum atomic E-state index is 13.2. The summed E-state index contributed by atoms with van der Waals surface area (Å²) in [6.07, 6.45) is 0. The molecule has 2 rings (SSSR count). The Morgan fingerprint density at radius 3 is 2.22 bits per heavy atom. The van der Waals surface area contributed by atoms with Crippen molar-refractivity contribution < 1.29 is 25.6 Å². The van der Waals surface area contributed by atoms with Crippen molar-refractivity contribution in [3.63, 3.8) is 0 Å². The lowest BCUT2D eigenvalue weighted by molar-refractivity contribution is -0.0868. The molecule has 2 aromatic rings. The summed E-state index contributed by atoms with van der Waals surface area (Å²) in [5.74, 6) is -0.0762. The van der Waals surface area contributed by atoms with Crippen molar-refractivity contribution in [2.45, 2.75) is 32.2 Å². The topological polar surface area (TPSA) is 0 Å². The Labute approximate surface area is 113 Å². The van der Waals surface area contributed by atoms with Gasteiger partial charge < -0.3 is 12.4 Å². The molecule has 0 aliphatic heterocycles. The fraction of sp³-hybridized carbons (Fsp3) is 0.385. The molecule has 0 bridgehead atoms. The number of hydrogen-bond acceptors (Lipinski definition) is 0. The second-order valence-corrected chi connectivity index (χ2v) is 6.48. The molecule has 0 saturated heterocycles. The van der Waals surface area contributed by atoms with Crippen LogP contribution in [0.3, 0.4) is 0 Å². The quantitative estimate of drug-likeness (QED) is 0.709. The molecule has 0 nitrogen and oxygen atoms in total. The van der Waals surface area contributed by atoms with Gasteiger partial charge in [-0.2, -0.15) is 0 Å². The Morgan fingerprint density at radius 2 is 1.72 bits per heavy atom. The number of benzene rings is 1. The second-order valence-electron chi connectivity index (χ2n) is 4.49. The van der Waals surface area contributed by atoms with E-state index in [4.69, 9.17) is 0 Å². The van der Waals surface area contributed by atoms with Gasteiger partial charge in [0.1, 0.15) is 0 Å². The molecule has 0 spiro atoms. The molecule has 1 atom stereocenters. The molecule has 1 heterocycles. The first kappa shape index (κ1) is 15.3. The highest BCUT2D eigenvalue weighted by atomic mass is 35.5. The lowest BCUT2D eigenvalue weighted by Crippen LogP contribution is -3.00. The smallest absolute Gasteiger partial charge is 0.600 e. The minimum atomic E-state index is -4.17. The average molecular weight is 295 g/mol. The largest absolute Gasteiger partial charge is 1.00 e. The monoisotopic (exact) mass is 294 g/mol. The highest BCUT2D eigenvalue weighted by Crippen LogP contribution is 2.52. The van der Waals surface area contributed by atoms with Crippen molar-refractivity contribution in [1.82, 2.24) is 0 Å². The van der Waals surface area contributed by atoms with Gasteiger partial charge in [0.2, 0.25) is 0 Å². The normalized spacial score (nSPS) is 12.9. The second kappa shape index (κ2) is 5.10. The molecule has 1 aromatic carbocycles. The van der Waals surface area contributed by atoms with Gasteiger partial charge in [-0.1, -0.05) is 19.9 Å². The molecular formula is C13H14ClF3S. The predicted molar refractivity (Wildman–Crippen MR) is 66.6 cm³/mol. The van der Waals surface area contributed by atoms with Gasteiger partial charge in [0.15, 0.2) is 9.58 Å². The van der Waals surface area contributed by atoms with Crippen LogP contribution >= 0.6 is 10.5 Å². The van der Waals surface area contributed by atoms with Gasteiger partial charge in [-0.15, -0.1) is 13.2 Å². The van der Waals surface area contributed by atoms with Crippen molar-refractivity contribution in [1.29, 1.82) is 0 Å². The van der Waals surface area contributed by atoms with Crippen LogP contribution in [0.5, 0.6) is 0 Å². The standard InChI is InChI=1S/C13H14F3S.ClH/c1-8(2)11-7-10-5-4-9(3)6-12(10)17(11)13(14,15)16;/h4-8H,1-3H3;1H/q+1;/p-1.